The van der Waals surface area contributed by atoms with E-state index in [0.717, 1.165) is 6.54 Å². The molecule has 18 heavy (non-hydrogen) atoms. The highest BCUT2D eigenvalue weighted by Gasteiger charge is 2.39. The van der Waals surface area contributed by atoms with E-state index in [1.54, 1.807) is 0 Å². The summed E-state index contributed by atoms with van der Waals surface area (Å²) in [4.78, 5) is 4.89. The monoisotopic (exact) mass is 266 g/mol. The molecule has 0 bridgehead atoms. The molecule has 1 heterocycles. The van der Waals surface area contributed by atoms with Crippen LogP contribution in [0.15, 0.2) is 4.99 Å². The van der Waals surface area contributed by atoms with Crippen molar-refractivity contribution in [3.8, 4) is 0 Å². The van der Waals surface area contributed by atoms with Gasteiger partial charge >= 0.3 is 0 Å². The normalized spacial score (nSPS) is 29.5. The first-order valence-electron chi connectivity index (χ1n) is 7.71. The van der Waals surface area contributed by atoms with E-state index in [1.807, 2.05) is 11.8 Å². The van der Waals surface area contributed by atoms with Crippen molar-refractivity contribution in [3.63, 3.8) is 0 Å². The molecule has 3 heteroatoms. The lowest BCUT2D eigenvalue weighted by Crippen LogP contribution is -2.53. The van der Waals surface area contributed by atoms with Crippen LogP contribution in [-0.2, 0) is 0 Å². The summed E-state index contributed by atoms with van der Waals surface area (Å²) < 4.78 is 0. The maximum atomic E-state index is 4.89. The number of thioether (sulfide) groups is 1. The largest absolute Gasteiger partial charge is 0.360 e. The molecular weight excluding hydrogens is 240 g/mol. The molecule has 0 aromatic rings. The van der Waals surface area contributed by atoms with E-state index < -0.39 is 0 Å². The van der Waals surface area contributed by atoms with Gasteiger partial charge in [-0.3, -0.25) is 4.99 Å². The van der Waals surface area contributed by atoms with Crippen molar-refractivity contribution in [2.45, 2.75) is 70.3 Å². The third kappa shape index (κ3) is 2.43. The van der Waals surface area contributed by atoms with Crippen LogP contribution in [0.1, 0.15) is 64.7 Å². The van der Waals surface area contributed by atoms with Gasteiger partial charge in [0.25, 0.3) is 0 Å². The third-order valence-corrected chi connectivity index (χ3v) is 6.61. The predicted molar refractivity (Wildman–Crippen MR) is 80.3 cm³/mol. The molecule has 0 atom stereocenters. The standard InChI is InChI=1S/C15H26N2S/c1-2-15(9-6-10-15)17-13-16-11-14(12-18-13)7-4-3-5-8-14/h2-12H2,1H3,(H,16,17). The Hall–Kier alpha value is -0.180. The Morgan fingerprint density at radius 3 is 2.39 bits per heavy atom. The van der Waals surface area contributed by atoms with Gasteiger partial charge in [0.1, 0.15) is 0 Å². The molecule has 2 saturated carbocycles. The molecule has 2 aliphatic carbocycles. The van der Waals surface area contributed by atoms with Gasteiger partial charge in [-0.25, -0.2) is 0 Å². The van der Waals surface area contributed by atoms with Crippen LogP contribution in [0.2, 0.25) is 0 Å². The fraction of sp³-hybridized carbons (Fsp3) is 0.933. The van der Waals surface area contributed by atoms with Gasteiger partial charge in [-0.05, 0) is 43.9 Å². The maximum absolute atomic E-state index is 4.89. The summed E-state index contributed by atoms with van der Waals surface area (Å²) >= 11 is 2.00. The molecule has 2 nitrogen and oxygen atoms in total. The van der Waals surface area contributed by atoms with Gasteiger partial charge in [-0.15, -0.1) is 0 Å². The van der Waals surface area contributed by atoms with Crippen molar-refractivity contribution in [2.75, 3.05) is 12.3 Å². The van der Waals surface area contributed by atoms with E-state index in [9.17, 15) is 0 Å². The van der Waals surface area contributed by atoms with Gasteiger partial charge in [0, 0.05) is 17.8 Å². The molecule has 1 N–H and O–H groups in total. The molecule has 0 aromatic carbocycles. The van der Waals surface area contributed by atoms with Gasteiger partial charge in [-0.1, -0.05) is 37.9 Å². The Morgan fingerprint density at radius 2 is 1.89 bits per heavy atom. The van der Waals surface area contributed by atoms with E-state index in [0.29, 0.717) is 11.0 Å². The molecule has 0 saturated heterocycles. The van der Waals surface area contributed by atoms with Crippen molar-refractivity contribution in [2.24, 2.45) is 10.4 Å². The van der Waals surface area contributed by atoms with Crippen LogP contribution in [0.25, 0.3) is 0 Å². The zero-order valence-corrected chi connectivity index (χ0v) is 12.5. The second-order valence-electron chi connectivity index (χ2n) is 6.58. The van der Waals surface area contributed by atoms with Gasteiger partial charge in [-0.2, -0.15) is 0 Å². The summed E-state index contributed by atoms with van der Waals surface area (Å²) in [6.07, 6.45) is 12.4. The fourth-order valence-electron chi connectivity index (χ4n) is 3.63. The summed E-state index contributed by atoms with van der Waals surface area (Å²) in [6.45, 7) is 3.39. The number of rotatable bonds is 2. The van der Waals surface area contributed by atoms with Crippen LogP contribution in [0, 0.1) is 5.41 Å². The number of hydrogen-bond donors (Lipinski definition) is 1. The Morgan fingerprint density at radius 1 is 1.11 bits per heavy atom. The van der Waals surface area contributed by atoms with Crippen molar-refractivity contribution < 1.29 is 0 Å². The second-order valence-corrected chi connectivity index (χ2v) is 7.55. The van der Waals surface area contributed by atoms with Crippen LogP contribution in [0.3, 0.4) is 0 Å². The summed E-state index contributed by atoms with van der Waals surface area (Å²) in [5.41, 5.74) is 0.968. The highest BCUT2D eigenvalue weighted by molar-refractivity contribution is 8.13. The molecule has 0 aromatic heterocycles. The van der Waals surface area contributed by atoms with E-state index in [2.05, 4.69) is 12.2 Å². The highest BCUT2D eigenvalue weighted by atomic mass is 32.2. The van der Waals surface area contributed by atoms with Crippen molar-refractivity contribution >= 4 is 16.9 Å². The van der Waals surface area contributed by atoms with Crippen molar-refractivity contribution in [1.82, 2.24) is 5.32 Å². The molecule has 0 unspecified atom stereocenters. The lowest BCUT2D eigenvalue weighted by atomic mass is 9.75. The number of hydrogen-bond acceptors (Lipinski definition) is 3. The zero-order valence-electron chi connectivity index (χ0n) is 11.6. The van der Waals surface area contributed by atoms with Crippen molar-refractivity contribution in [1.29, 1.82) is 0 Å². The Kier molecular flexibility index (Phi) is 3.61. The molecular formula is C15H26N2S. The number of nitrogens with one attached hydrogen (secondary N) is 1. The lowest BCUT2D eigenvalue weighted by Gasteiger charge is -2.45. The third-order valence-electron chi connectivity index (χ3n) is 5.35. The van der Waals surface area contributed by atoms with Gasteiger partial charge in [0.2, 0.25) is 0 Å². The van der Waals surface area contributed by atoms with Crippen LogP contribution in [0.4, 0.5) is 0 Å². The number of nitrogens with zero attached hydrogens (tertiary/aromatic N) is 1. The van der Waals surface area contributed by atoms with Crippen molar-refractivity contribution in [3.05, 3.63) is 0 Å². The first-order valence-corrected chi connectivity index (χ1v) is 8.70. The topological polar surface area (TPSA) is 24.4 Å². The SMILES string of the molecule is CCC1(NC2=NCC3(CCCCC3)CS2)CCC1. The fourth-order valence-corrected chi connectivity index (χ4v) is 4.90. The van der Waals surface area contributed by atoms with E-state index >= 15 is 0 Å². The van der Waals surface area contributed by atoms with Crippen LogP contribution < -0.4 is 5.32 Å². The lowest BCUT2D eigenvalue weighted by molar-refractivity contribution is 0.207. The minimum absolute atomic E-state index is 0.406. The maximum Gasteiger partial charge on any atom is 0.157 e. The first-order chi connectivity index (χ1) is 8.76. The predicted octanol–water partition coefficient (Wildman–Crippen LogP) is 3.96. The summed E-state index contributed by atoms with van der Waals surface area (Å²) in [5.74, 6) is 1.30. The Labute approximate surface area is 115 Å². The molecule has 1 spiro atoms. The number of amidine groups is 1. The van der Waals surface area contributed by atoms with Crippen LogP contribution >= 0.6 is 11.8 Å². The average Bonchev–Trinajstić information content (AvgIpc) is 2.37. The van der Waals surface area contributed by atoms with Crippen LogP contribution in [-0.4, -0.2) is 23.0 Å². The molecule has 1 aliphatic heterocycles. The molecule has 0 radical (unpaired) electrons. The van der Waals surface area contributed by atoms with E-state index in [4.69, 9.17) is 4.99 Å². The van der Waals surface area contributed by atoms with E-state index in [-0.39, 0.29) is 0 Å². The van der Waals surface area contributed by atoms with Crippen LogP contribution in [0.5, 0.6) is 0 Å². The quantitative estimate of drug-likeness (QED) is 0.818. The highest BCUT2D eigenvalue weighted by Crippen LogP contribution is 2.42. The van der Waals surface area contributed by atoms with Gasteiger partial charge in [0.05, 0.1) is 0 Å². The molecule has 102 valence electrons. The summed E-state index contributed by atoms with van der Waals surface area (Å²) in [5, 5.41) is 5.00. The smallest absolute Gasteiger partial charge is 0.157 e. The summed E-state index contributed by atoms with van der Waals surface area (Å²) in [7, 11) is 0. The number of aliphatic imine (C=N–C) groups is 1. The van der Waals surface area contributed by atoms with Gasteiger partial charge in [0.15, 0.2) is 5.17 Å². The second kappa shape index (κ2) is 5.07. The van der Waals surface area contributed by atoms with Gasteiger partial charge < -0.3 is 5.32 Å². The minimum atomic E-state index is 0.406. The zero-order chi connectivity index (χ0) is 12.5. The first kappa shape index (κ1) is 12.8. The molecule has 0 amide bonds. The Balaban J connectivity index is 1.59. The molecule has 3 rings (SSSR count). The average molecular weight is 266 g/mol. The Bertz CT molecular complexity index is 322. The van der Waals surface area contributed by atoms with E-state index in [1.165, 1.54) is 68.7 Å². The summed E-state index contributed by atoms with van der Waals surface area (Å²) in [6, 6.07) is 0. The molecule has 2 fully saturated rings. The molecule has 3 aliphatic rings. The minimum Gasteiger partial charge on any atom is -0.360 e.